The van der Waals surface area contributed by atoms with Crippen LogP contribution in [0.15, 0.2) is 0 Å². The number of hydrogen-bond donors (Lipinski definition) is 1. The van der Waals surface area contributed by atoms with Gasteiger partial charge in [-0.2, -0.15) is 0 Å². The Morgan fingerprint density at radius 3 is 2.53 bits per heavy atom. The highest BCUT2D eigenvalue weighted by atomic mass is 16.5. The molecule has 0 aromatic rings. The van der Waals surface area contributed by atoms with Gasteiger partial charge in [-0.15, -0.1) is 0 Å². The lowest BCUT2D eigenvalue weighted by Gasteiger charge is -2.31. The van der Waals surface area contributed by atoms with E-state index in [9.17, 15) is 0 Å². The monoisotopic (exact) mass is 241 g/mol. The van der Waals surface area contributed by atoms with Crippen LogP contribution < -0.4 is 5.32 Å². The van der Waals surface area contributed by atoms with Crippen LogP contribution in [-0.4, -0.2) is 25.3 Å². The van der Waals surface area contributed by atoms with Crippen LogP contribution in [0, 0.1) is 11.8 Å². The van der Waals surface area contributed by atoms with E-state index < -0.39 is 0 Å². The van der Waals surface area contributed by atoms with E-state index in [1.807, 2.05) is 7.11 Å². The lowest BCUT2D eigenvalue weighted by atomic mass is 9.85. The van der Waals surface area contributed by atoms with Gasteiger partial charge in [-0.05, 0) is 51.5 Å². The van der Waals surface area contributed by atoms with Gasteiger partial charge in [-0.3, -0.25) is 0 Å². The molecule has 1 rings (SSSR count). The minimum Gasteiger partial charge on any atom is -0.379 e. The van der Waals surface area contributed by atoms with Crippen molar-refractivity contribution in [2.24, 2.45) is 11.8 Å². The van der Waals surface area contributed by atoms with Crippen LogP contribution >= 0.6 is 0 Å². The Bertz CT molecular complexity index is 215. The van der Waals surface area contributed by atoms with Crippen LogP contribution in [0.4, 0.5) is 0 Å². The van der Waals surface area contributed by atoms with Gasteiger partial charge in [0.1, 0.15) is 0 Å². The fourth-order valence-corrected chi connectivity index (χ4v) is 3.11. The number of methoxy groups -OCH3 is 1. The maximum atomic E-state index is 5.53. The number of hydrogen-bond acceptors (Lipinski definition) is 2. The molecule has 0 bridgehead atoms. The molecule has 1 aliphatic carbocycles. The normalized spacial score (nSPS) is 27.4. The van der Waals surface area contributed by atoms with Crippen LogP contribution in [0.25, 0.3) is 0 Å². The molecular formula is C15H31NO. The molecule has 3 atom stereocenters. The van der Waals surface area contributed by atoms with Crippen molar-refractivity contribution in [3.8, 4) is 0 Å². The molecule has 0 aliphatic heterocycles. The molecule has 1 fully saturated rings. The van der Waals surface area contributed by atoms with Crippen molar-refractivity contribution in [1.29, 1.82) is 0 Å². The topological polar surface area (TPSA) is 21.3 Å². The Labute approximate surface area is 108 Å². The third kappa shape index (κ3) is 4.59. The van der Waals surface area contributed by atoms with Crippen molar-refractivity contribution in [3.63, 3.8) is 0 Å². The largest absolute Gasteiger partial charge is 0.379 e. The predicted molar refractivity (Wildman–Crippen MR) is 74.3 cm³/mol. The van der Waals surface area contributed by atoms with Crippen molar-refractivity contribution in [2.45, 2.75) is 71.4 Å². The Hall–Kier alpha value is -0.0800. The van der Waals surface area contributed by atoms with Gasteiger partial charge in [0.15, 0.2) is 0 Å². The van der Waals surface area contributed by atoms with E-state index in [-0.39, 0.29) is 5.60 Å². The molecule has 2 heteroatoms. The molecule has 1 saturated carbocycles. The zero-order chi connectivity index (χ0) is 12.9. The molecule has 0 spiro atoms. The zero-order valence-electron chi connectivity index (χ0n) is 12.4. The zero-order valence-corrected chi connectivity index (χ0v) is 12.4. The molecular weight excluding hydrogens is 210 g/mol. The van der Waals surface area contributed by atoms with Crippen molar-refractivity contribution in [1.82, 2.24) is 5.32 Å². The molecule has 17 heavy (non-hydrogen) atoms. The molecule has 0 aromatic carbocycles. The first kappa shape index (κ1) is 15.0. The van der Waals surface area contributed by atoms with E-state index in [0.717, 1.165) is 24.8 Å². The summed E-state index contributed by atoms with van der Waals surface area (Å²) in [6, 6.07) is 0.687. The fraction of sp³-hybridized carbons (Fsp3) is 1.00. The minimum atomic E-state index is 0.0233. The third-order valence-corrected chi connectivity index (χ3v) is 4.52. The van der Waals surface area contributed by atoms with E-state index in [2.05, 4.69) is 33.0 Å². The van der Waals surface area contributed by atoms with E-state index in [0.29, 0.717) is 6.04 Å². The Balaban J connectivity index is 2.48. The van der Waals surface area contributed by atoms with E-state index in [4.69, 9.17) is 4.74 Å². The molecule has 0 saturated heterocycles. The highest BCUT2D eigenvalue weighted by Crippen LogP contribution is 2.35. The lowest BCUT2D eigenvalue weighted by molar-refractivity contribution is 0.00968. The highest BCUT2D eigenvalue weighted by molar-refractivity contribution is 4.86. The Kier molecular flexibility index (Phi) is 5.94. The van der Waals surface area contributed by atoms with Crippen molar-refractivity contribution < 1.29 is 4.74 Å². The second-order valence-electron chi connectivity index (χ2n) is 6.24. The molecule has 2 nitrogen and oxygen atoms in total. The van der Waals surface area contributed by atoms with Crippen LogP contribution in [0.1, 0.15) is 59.8 Å². The summed E-state index contributed by atoms with van der Waals surface area (Å²) in [6.45, 7) is 10.1. The van der Waals surface area contributed by atoms with Gasteiger partial charge in [-0.1, -0.05) is 26.7 Å². The van der Waals surface area contributed by atoms with Crippen molar-refractivity contribution in [3.05, 3.63) is 0 Å². The summed E-state index contributed by atoms with van der Waals surface area (Å²) in [5, 5.41) is 3.70. The third-order valence-electron chi connectivity index (χ3n) is 4.52. The van der Waals surface area contributed by atoms with Gasteiger partial charge >= 0.3 is 0 Å². The Morgan fingerprint density at radius 1 is 1.35 bits per heavy atom. The van der Waals surface area contributed by atoms with Gasteiger partial charge in [-0.25, -0.2) is 0 Å². The average Bonchev–Trinajstić information content (AvgIpc) is 2.71. The first-order chi connectivity index (χ1) is 8.00. The Morgan fingerprint density at radius 2 is 2.06 bits per heavy atom. The van der Waals surface area contributed by atoms with Gasteiger partial charge in [0.2, 0.25) is 0 Å². The fourth-order valence-electron chi connectivity index (χ4n) is 3.11. The summed E-state index contributed by atoms with van der Waals surface area (Å²) in [6.07, 6.45) is 6.63. The average molecular weight is 241 g/mol. The van der Waals surface area contributed by atoms with Gasteiger partial charge in [0, 0.05) is 13.2 Å². The van der Waals surface area contributed by atoms with Crippen LogP contribution in [-0.2, 0) is 4.74 Å². The summed E-state index contributed by atoms with van der Waals surface area (Å²) in [4.78, 5) is 0. The second kappa shape index (κ2) is 6.75. The summed E-state index contributed by atoms with van der Waals surface area (Å²) in [5.74, 6) is 1.77. The molecule has 3 unspecified atom stereocenters. The summed E-state index contributed by atoms with van der Waals surface area (Å²) < 4.78 is 5.53. The molecule has 1 N–H and O–H groups in total. The standard InChI is InChI=1S/C15H31NO/c1-6-16-14(10-11-15(3,4)17-5)13-9-7-8-12(13)2/h12-14,16H,6-11H2,1-5H3. The van der Waals surface area contributed by atoms with Gasteiger partial charge in [0.05, 0.1) is 5.60 Å². The van der Waals surface area contributed by atoms with E-state index in [1.54, 1.807) is 0 Å². The van der Waals surface area contributed by atoms with Crippen LogP contribution in [0.2, 0.25) is 0 Å². The summed E-state index contributed by atoms with van der Waals surface area (Å²) in [7, 11) is 1.82. The molecule has 0 radical (unpaired) electrons. The van der Waals surface area contributed by atoms with E-state index in [1.165, 1.54) is 25.7 Å². The molecule has 0 aromatic heterocycles. The highest BCUT2D eigenvalue weighted by Gasteiger charge is 2.31. The first-order valence-electron chi connectivity index (χ1n) is 7.28. The molecule has 0 amide bonds. The quantitative estimate of drug-likeness (QED) is 0.735. The molecule has 0 heterocycles. The van der Waals surface area contributed by atoms with Gasteiger partial charge < -0.3 is 10.1 Å². The second-order valence-corrected chi connectivity index (χ2v) is 6.24. The smallest absolute Gasteiger partial charge is 0.0623 e. The summed E-state index contributed by atoms with van der Waals surface area (Å²) in [5.41, 5.74) is 0.0233. The predicted octanol–water partition coefficient (Wildman–Crippen LogP) is 3.61. The maximum absolute atomic E-state index is 5.53. The minimum absolute atomic E-state index is 0.0233. The number of rotatable bonds is 7. The van der Waals surface area contributed by atoms with Crippen molar-refractivity contribution >= 4 is 0 Å². The lowest BCUT2D eigenvalue weighted by Crippen LogP contribution is -2.39. The van der Waals surface area contributed by atoms with Gasteiger partial charge in [0.25, 0.3) is 0 Å². The maximum Gasteiger partial charge on any atom is 0.0623 e. The summed E-state index contributed by atoms with van der Waals surface area (Å²) >= 11 is 0. The first-order valence-corrected chi connectivity index (χ1v) is 7.28. The number of ether oxygens (including phenoxy) is 1. The number of nitrogens with one attached hydrogen (secondary N) is 1. The van der Waals surface area contributed by atoms with Crippen LogP contribution in [0.3, 0.4) is 0 Å². The SMILES string of the molecule is CCNC(CCC(C)(C)OC)C1CCCC1C. The molecule has 1 aliphatic rings. The van der Waals surface area contributed by atoms with E-state index >= 15 is 0 Å². The van der Waals surface area contributed by atoms with Crippen LogP contribution in [0.5, 0.6) is 0 Å². The molecule has 102 valence electrons. The van der Waals surface area contributed by atoms with Crippen molar-refractivity contribution in [2.75, 3.05) is 13.7 Å².